The number of halogens is 7. The molecule has 2 spiro atoms. The molecule has 6 aliphatic heterocycles. The minimum absolute atomic E-state index is 0.0165. The van der Waals surface area contributed by atoms with Gasteiger partial charge in [-0.15, -0.1) is 0 Å². The van der Waals surface area contributed by atoms with Gasteiger partial charge < -0.3 is 31.2 Å². The number of carbonyl (C=O) groups is 4. The van der Waals surface area contributed by atoms with Crippen molar-refractivity contribution >= 4 is 76.2 Å². The number of ether oxygens (including phenoxy) is 2. The summed E-state index contributed by atoms with van der Waals surface area (Å²) in [4.78, 5) is 79.2. The van der Waals surface area contributed by atoms with Crippen LogP contribution in [0.15, 0.2) is 117 Å². The molecule has 4 amide bonds. The van der Waals surface area contributed by atoms with Gasteiger partial charge >= 0.3 is 12.4 Å². The van der Waals surface area contributed by atoms with Crippen LogP contribution in [0, 0.1) is 10.8 Å². The molecular formula is C52H47ClF6N12O6S2. The summed E-state index contributed by atoms with van der Waals surface area (Å²) in [5.74, 6) is -0.417. The van der Waals surface area contributed by atoms with Gasteiger partial charge in [-0.1, -0.05) is 59.4 Å². The van der Waals surface area contributed by atoms with Crippen molar-refractivity contribution < 1.29 is 55.0 Å². The number of nitrogens with one attached hydrogen (secondary N) is 1. The van der Waals surface area contributed by atoms with E-state index in [0.717, 1.165) is 61.8 Å². The monoisotopic (exact) mass is 1150 g/mol. The second kappa shape index (κ2) is 22.3. The number of fused-ring (bicyclic) bond motifs is 2. The molecule has 5 N–H and O–H groups in total. The number of amides is 4. The maximum atomic E-state index is 13.3. The highest BCUT2D eigenvalue weighted by Crippen LogP contribution is 2.47. The predicted molar refractivity (Wildman–Crippen MR) is 276 cm³/mol. The van der Waals surface area contributed by atoms with E-state index in [4.69, 9.17) is 32.5 Å². The Hall–Kier alpha value is -6.97. The number of nitrogens with zero attached hydrogens (tertiary/aromatic N) is 9. The molecule has 10 heterocycles. The Kier molecular flexibility index (Phi) is 15.6. The van der Waals surface area contributed by atoms with Gasteiger partial charge in [0, 0.05) is 46.1 Å². The first kappa shape index (κ1) is 55.3. The van der Waals surface area contributed by atoms with Crippen molar-refractivity contribution in [2.75, 3.05) is 69.0 Å². The van der Waals surface area contributed by atoms with E-state index in [2.05, 4.69) is 35.2 Å². The molecule has 27 heteroatoms. The number of anilines is 3. The molecule has 12 rings (SSSR count). The van der Waals surface area contributed by atoms with Crippen molar-refractivity contribution in [3.63, 3.8) is 0 Å². The molecule has 2 aromatic carbocycles. The van der Waals surface area contributed by atoms with Crippen LogP contribution in [-0.4, -0.2) is 128 Å². The minimum atomic E-state index is -4.61. The number of aromatic nitrogens is 6. The molecule has 2 atom stereocenters. The van der Waals surface area contributed by atoms with Crippen molar-refractivity contribution in [1.29, 1.82) is 0 Å². The molecule has 0 bridgehead atoms. The Balaban J connectivity index is 0.000000148. The Morgan fingerprint density at radius 3 is 1.42 bits per heavy atom. The smallest absolute Gasteiger partial charge is 0.381 e. The second-order valence-electron chi connectivity index (χ2n) is 19.3. The number of carbonyl (C=O) groups excluding carboxylic acids is 4. The van der Waals surface area contributed by atoms with Crippen LogP contribution in [0.3, 0.4) is 0 Å². The third-order valence-electron chi connectivity index (χ3n) is 14.7. The van der Waals surface area contributed by atoms with Gasteiger partial charge in [0.25, 0.3) is 23.6 Å². The Bertz CT molecular complexity index is 3260. The van der Waals surface area contributed by atoms with Crippen LogP contribution in [0.5, 0.6) is 0 Å². The predicted octanol–water partition coefficient (Wildman–Crippen LogP) is 8.23. The number of nitrogens with two attached hydrogens (primary N) is 2. The van der Waals surface area contributed by atoms with Gasteiger partial charge in [0.2, 0.25) is 0 Å². The largest absolute Gasteiger partial charge is 0.434 e. The molecule has 18 nitrogen and oxygen atoms in total. The lowest BCUT2D eigenvalue weighted by atomic mass is 9.74. The molecule has 2 unspecified atom stereocenters. The fraction of sp³-hybridized carbons (Fsp3) is 0.346. The average molecular weight is 1150 g/mol. The highest BCUT2D eigenvalue weighted by molar-refractivity contribution is 7.99. The van der Waals surface area contributed by atoms with Gasteiger partial charge in [0.05, 0.1) is 73.2 Å². The van der Waals surface area contributed by atoms with Crippen LogP contribution in [0.2, 0.25) is 5.15 Å². The zero-order valence-electron chi connectivity index (χ0n) is 41.5. The number of hydrogen-bond donors (Lipinski definition) is 3. The van der Waals surface area contributed by atoms with Gasteiger partial charge in [-0.2, -0.15) is 26.3 Å². The molecule has 412 valence electrons. The quantitative estimate of drug-likeness (QED) is 0.101. The van der Waals surface area contributed by atoms with E-state index in [9.17, 15) is 45.5 Å². The van der Waals surface area contributed by atoms with Crippen LogP contribution < -0.4 is 21.7 Å². The standard InChI is InChI=1S/C26H23F3N6O3S.C16H18N2O3.C10H6ClF3N4S/c27-26(28,29)20-17(6-3-9-31-20)39-22-21(30)33-19(12-32-22)34-10-7-25(8-11-34)14-38-13-18(25)35-23(36)15-4-1-2-5-16(15)24(35)37;19-14-11-3-1-2-4-12(11)15(20)18(14)13-9-21-10-16(13)5-7-17-8-6-16;11-6-4-17-9(8(15)18-6)19-5-2-1-3-16-7(5)10(12,13)14/h1-6,9,12,18H,7-8,10-11,13-14H2,(H2,30,33);1-4,13,17H,5-10H2;1-4H,(H2,15,18). The molecule has 4 fully saturated rings. The number of imide groups is 2. The van der Waals surface area contributed by atoms with Crippen molar-refractivity contribution in [1.82, 2.24) is 45.0 Å². The number of piperidine rings is 2. The molecule has 79 heavy (non-hydrogen) atoms. The third kappa shape index (κ3) is 11.0. The number of hydrogen-bond acceptors (Lipinski definition) is 18. The van der Waals surface area contributed by atoms with Crippen molar-refractivity contribution in [2.45, 2.75) is 70.0 Å². The zero-order valence-corrected chi connectivity index (χ0v) is 43.9. The van der Waals surface area contributed by atoms with Crippen LogP contribution in [0.4, 0.5) is 43.8 Å². The molecular weight excluding hydrogens is 1100 g/mol. The number of benzene rings is 2. The lowest BCUT2D eigenvalue weighted by molar-refractivity contribution is -0.144. The van der Waals surface area contributed by atoms with E-state index in [1.54, 1.807) is 48.5 Å². The Morgan fingerprint density at radius 2 is 1.00 bits per heavy atom. The SMILES string of the molecule is Nc1nc(Cl)cnc1Sc1cccnc1C(F)(F)F.Nc1nc(N2CCC3(CC2)COCC3N2C(=O)c3ccccc3C2=O)cnc1Sc1cccnc1C(F)(F)F.O=C1c2ccccc2C(=O)N1C1COCC12CCNCC2. The number of rotatable bonds is 7. The van der Waals surface area contributed by atoms with Crippen LogP contribution in [0.25, 0.3) is 0 Å². The van der Waals surface area contributed by atoms with E-state index < -0.39 is 23.7 Å². The molecule has 0 aliphatic carbocycles. The lowest BCUT2D eigenvalue weighted by Crippen LogP contribution is -2.54. The summed E-state index contributed by atoms with van der Waals surface area (Å²) in [5.41, 5.74) is 11.1. The Morgan fingerprint density at radius 1 is 0.582 bits per heavy atom. The number of alkyl halides is 6. The van der Waals surface area contributed by atoms with Crippen LogP contribution in [0.1, 0.15) is 78.5 Å². The first-order chi connectivity index (χ1) is 37.8. The highest BCUT2D eigenvalue weighted by Gasteiger charge is 2.55. The first-order valence-electron chi connectivity index (χ1n) is 24.6. The van der Waals surface area contributed by atoms with E-state index in [0.29, 0.717) is 80.4 Å². The van der Waals surface area contributed by atoms with Crippen LogP contribution >= 0.6 is 35.1 Å². The third-order valence-corrected chi connectivity index (χ3v) is 17.0. The maximum Gasteiger partial charge on any atom is 0.434 e. The molecule has 4 aromatic heterocycles. The summed E-state index contributed by atoms with van der Waals surface area (Å²) in [5, 5.41) is 3.71. The maximum absolute atomic E-state index is 13.3. The second-order valence-corrected chi connectivity index (χ2v) is 21.7. The van der Waals surface area contributed by atoms with Crippen molar-refractivity contribution in [3.8, 4) is 0 Å². The molecule has 0 saturated carbocycles. The fourth-order valence-electron chi connectivity index (χ4n) is 10.7. The number of nitrogen functional groups attached to an aromatic ring is 2. The van der Waals surface area contributed by atoms with Crippen molar-refractivity contribution in [3.05, 3.63) is 136 Å². The van der Waals surface area contributed by atoms with Gasteiger partial charge in [-0.3, -0.25) is 38.9 Å². The zero-order chi connectivity index (χ0) is 55.9. The number of pyridine rings is 2. The summed E-state index contributed by atoms with van der Waals surface area (Å²) in [6.07, 6.45) is -1.09. The average Bonchev–Trinajstić information content (AvgIpc) is 4.21. The van der Waals surface area contributed by atoms with Crippen LogP contribution in [-0.2, 0) is 21.8 Å². The van der Waals surface area contributed by atoms with Gasteiger partial charge in [-0.05, 0) is 87.3 Å². The summed E-state index contributed by atoms with van der Waals surface area (Å²) in [7, 11) is 0. The summed E-state index contributed by atoms with van der Waals surface area (Å²) >= 11 is 7.07. The normalized spacial score (nSPS) is 20.3. The summed E-state index contributed by atoms with van der Waals surface area (Å²) in [6, 6.07) is 18.8. The van der Waals surface area contributed by atoms with E-state index >= 15 is 0 Å². The summed E-state index contributed by atoms with van der Waals surface area (Å²) in [6.45, 7) is 4.80. The molecule has 4 saturated heterocycles. The first-order valence-corrected chi connectivity index (χ1v) is 26.7. The molecule has 6 aliphatic rings. The molecule has 6 aromatic rings. The van der Waals surface area contributed by atoms with Gasteiger partial charge in [-0.25, -0.2) is 19.9 Å². The van der Waals surface area contributed by atoms with E-state index in [-0.39, 0.29) is 83.2 Å². The van der Waals surface area contributed by atoms with E-state index in [1.165, 1.54) is 46.5 Å². The fourth-order valence-corrected chi connectivity index (χ4v) is 12.6. The lowest BCUT2D eigenvalue weighted by Gasteiger charge is -2.44. The highest BCUT2D eigenvalue weighted by atomic mass is 35.5. The molecule has 0 radical (unpaired) electrons. The van der Waals surface area contributed by atoms with Gasteiger partial charge in [0.1, 0.15) is 21.0 Å². The van der Waals surface area contributed by atoms with E-state index in [1.807, 2.05) is 4.90 Å². The van der Waals surface area contributed by atoms with Gasteiger partial charge in [0.15, 0.2) is 23.0 Å². The van der Waals surface area contributed by atoms with Crippen molar-refractivity contribution in [2.24, 2.45) is 10.8 Å². The topological polar surface area (TPSA) is 238 Å². The summed E-state index contributed by atoms with van der Waals surface area (Å²) < 4.78 is 89.7. The minimum Gasteiger partial charge on any atom is -0.381 e. The Labute approximate surface area is 460 Å².